The van der Waals surface area contributed by atoms with Gasteiger partial charge in [0.15, 0.2) is 0 Å². The molecule has 1 aromatic rings. The highest BCUT2D eigenvalue weighted by molar-refractivity contribution is 7.98. The molecule has 1 rings (SSSR count). The zero-order valence-electron chi connectivity index (χ0n) is 19.2. The largest absolute Gasteiger partial charge is 0.508 e. The van der Waals surface area contributed by atoms with Crippen LogP contribution in [0, 0.1) is 0 Å². The highest BCUT2D eigenvalue weighted by Crippen LogP contribution is 2.40. The maximum atomic E-state index is 12.0. The first-order valence-electron chi connectivity index (χ1n) is 10.9. The summed E-state index contributed by atoms with van der Waals surface area (Å²) in [6.45, 7) is 7.83. The molecule has 0 fully saturated rings. The highest BCUT2D eigenvalue weighted by Gasteiger charge is 2.20. The number of hydrogen-bond acceptors (Lipinski definition) is 6. The molecule has 0 saturated heterocycles. The second-order valence-corrected chi connectivity index (χ2v) is 8.92. The van der Waals surface area contributed by atoms with Gasteiger partial charge in [-0.15, -0.1) is 0 Å². The molecule has 0 aliphatic heterocycles. The van der Waals surface area contributed by atoms with Crippen LogP contribution in [-0.4, -0.2) is 33.9 Å². The molecule has 31 heavy (non-hydrogen) atoms. The number of carbonyl (C=O) groups excluding carboxylic acids is 1. The molecular formula is C24H38N2O4S. The van der Waals surface area contributed by atoms with E-state index < -0.39 is 18.6 Å². The first-order chi connectivity index (χ1) is 14.7. The maximum Gasteiger partial charge on any atom is 0.249 e. The van der Waals surface area contributed by atoms with Crippen LogP contribution in [-0.2, 0) is 17.6 Å². The van der Waals surface area contributed by atoms with Crippen molar-refractivity contribution in [3.8, 4) is 11.5 Å². The molecule has 0 radical (unpaired) electrons. The van der Waals surface area contributed by atoms with Crippen LogP contribution in [0.2, 0.25) is 0 Å². The number of nitrogens with two attached hydrogens (primary N) is 1. The van der Waals surface area contributed by atoms with E-state index in [9.17, 15) is 15.0 Å². The van der Waals surface area contributed by atoms with Crippen LogP contribution in [0.4, 0.5) is 0 Å². The van der Waals surface area contributed by atoms with Crippen molar-refractivity contribution >= 4 is 17.9 Å². The van der Waals surface area contributed by atoms with Gasteiger partial charge in [-0.05, 0) is 76.5 Å². The van der Waals surface area contributed by atoms with Gasteiger partial charge in [-0.2, -0.15) is 0 Å². The summed E-state index contributed by atoms with van der Waals surface area (Å²) in [6.07, 6.45) is 10.1. The maximum absolute atomic E-state index is 12.0. The fraction of sp³-hybridized carbons (Fsp3) is 0.542. The normalized spacial score (nSPS) is 12.5. The van der Waals surface area contributed by atoms with E-state index >= 15 is 0 Å². The third kappa shape index (κ3) is 9.37. The number of carbonyl (C=O) groups is 1. The lowest BCUT2D eigenvalue weighted by atomic mass is 10.00. The minimum Gasteiger partial charge on any atom is -0.508 e. The number of nitrogens with one attached hydrogen (secondary N) is 1. The van der Waals surface area contributed by atoms with Crippen LogP contribution < -0.4 is 10.5 Å². The monoisotopic (exact) mass is 450 g/mol. The number of aliphatic hydroxyl groups excluding tert-OH is 1. The summed E-state index contributed by atoms with van der Waals surface area (Å²) in [5.74, 6) is -0.487. The van der Waals surface area contributed by atoms with Crippen molar-refractivity contribution in [2.45, 2.75) is 83.6 Å². The topological polar surface area (TPSA) is 116 Å². The quantitative estimate of drug-likeness (QED) is 0.172. The molecule has 6 N–H and O–H groups in total. The second-order valence-electron chi connectivity index (χ2n) is 8.10. The van der Waals surface area contributed by atoms with E-state index in [1.165, 1.54) is 11.1 Å². The Morgan fingerprint density at radius 1 is 1.23 bits per heavy atom. The predicted molar refractivity (Wildman–Crippen MR) is 128 cm³/mol. The van der Waals surface area contributed by atoms with Crippen molar-refractivity contribution in [1.29, 1.82) is 0 Å². The molecule has 0 aliphatic carbocycles. The van der Waals surface area contributed by atoms with Crippen molar-refractivity contribution < 1.29 is 20.1 Å². The average molecular weight is 451 g/mol. The molecular weight excluding hydrogens is 412 g/mol. The number of allylic oxidation sites excluding steroid dienone is 4. The Morgan fingerprint density at radius 2 is 1.94 bits per heavy atom. The Bertz CT molecular complexity index is 786. The first-order valence-corrected chi connectivity index (χ1v) is 11.7. The van der Waals surface area contributed by atoms with Crippen molar-refractivity contribution in [3.05, 3.63) is 40.5 Å². The van der Waals surface area contributed by atoms with E-state index in [-0.39, 0.29) is 11.5 Å². The number of aliphatic hydroxyl groups is 1. The average Bonchev–Trinajstić information content (AvgIpc) is 2.72. The molecule has 0 saturated carbocycles. The van der Waals surface area contributed by atoms with Gasteiger partial charge in [0.05, 0.1) is 11.5 Å². The minimum atomic E-state index is -1.03. The number of phenolic OH excluding ortho intramolecular Hbond substituents is 2. The number of unbranched alkanes of at least 4 members (excludes halogenated alkanes) is 2. The van der Waals surface area contributed by atoms with Gasteiger partial charge in [-0.3, -0.25) is 9.52 Å². The lowest BCUT2D eigenvalue weighted by Crippen LogP contribution is -2.40. The van der Waals surface area contributed by atoms with Crippen LogP contribution >= 0.6 is 11.9 Å². The van der Waals surface area contributed by atoms with E-state index in [2.05, 4.69) is 31.6 Å². The fourth-order valence-corrected chi connectivity index (χ4v) is 3.89. The van der Waals surface area contributed by atoms with Crippen molar-refractivity contribution in [2.24, 2.45) is 5.73 Å². The lowest BCUT2D eigenvalue weighted by molar-refractivity contribution is -0.121. The molecule has 0 heterocycles. The van der Waals surface area contributed by atoms with Crippen LogP contribution in [0.1, 0.15) is 70.9 Å². The van der Waals surface area contributed by atoms with Gasteiger partial charge in [0.25, 0.3) is 0 Å². The van der Waals surface area contributed by atoms with Crippen LogP contribution in [0.25, 0.3) is 0 Å². The van der Waals surface area contributed by atoms with E-state index in [1.54, 1.807) is 6.07 Å². The SMILES string of the molecule is CCCCCc1cc(O)c(C/C=C(\C)CCC=C(C)C)c(O)c1SNC(=O)C(N)CO. The van der Waals surface area contributed by atoms with Crippen molar-refractivity contribution in [1.82, 2.24) is 4.72 Å². The van der Waals surface area contributed by atoms with Gasteiger partial charge in [0.2, 0.25) is 5.91 Å². The molecule has 174 valence electrons. The van der Waals surface area contributed by atoms with Crippen molar-refractivity contribution in [3.63, 3.8) is 0 Å². The number of aryl methyl sites for hydroxylation is 1. The molecule has 1 unspecified atom stereocenters. The molecule has 7 heteroatoms. The van der Waals surface area contributed by atoms with Gasteiger partial charge in [0, 0.05) is 5.56 Å². The summed E-state index contributed by atoms with van der Waals surface area (Å²) in [5, 5.41) is 30.6. The third-order valence-electron chi connectivity index (χ3n) is 5.00. The molecule has 1 atom stereocenters. The Balaban J connectivity index is 3.10. The highest BCUT2D eigenvalue weighted by atomic mass is 32.2. The van der Waals surface area contributed by atoms with E-state index in [1.807, 2.05) is 13.0 Å². The summed E-state index contributed by atoms with van der Waals surface area (Å²) in [6, 6.07) is 0.651. The summed E-state index contributed by atoms with van der Waals surface area (Å²) in [7, 11) is 0. The minimum absolute atomic E-state index is 0.0253. The zero-order valence-corrected chi connectivity index (χ0v) is 20.0. The number of amides is 1. The van der Waals surface area contributed by atoms with Crippen LogP contribution in [0.15, 0.2) is 34.3 Å². The zero-order chi connectivity index (χ0) is 23.4. The van der Waals surface area contributed by atoms with Crippen molar-refractivity contribution in [2.75, 3.05) is 6.61 Å². The molecule has 0 aliphatic rings. The molecule has 6 nitrogen and oxygen atoms in total. The van der Waals surface area contributed by atoms with Crippen LogP contribution in [0.3, 0.4) is 0 Å². The Kier molecular flexibility index (Phi) is 12.4. The number of benzene rings is 1. The number of hydrogen-bond donors (Lipinski definition) is 5. The number of phenols is 2. The Morgan fingerprint density at radius 3 is 2.55 bits per heavy atom. The van der Waals surface area contributed by atoms with Gasteiger partial charge >= 0.3 is 0 Å². The second kappa shape index (κ2) is 14.2. The Labute approximate surface area is 190 Å². The molecule has 0 spiro atoms. The lowest BCUT2D eigenvalue weighted by Gasteiger charge is -2.17. The molecule has 1 amide bonds. The predicted octanol–water partition coefficient (Wildman–Crippen LogP) is 4.51. The molecule has 0 bridgehead atoms. The number of rotatable bonds is 13. The fourth-order valence-electron chi connectivity index (χ4n) is 3.02. The van der Waals surface area contributed by atoms with Gasteiger partial charge in [0.1, 0.15) is 17.5 Å². The van der Waals surface area contributed by atoms with Gasteiger partial charge in [-0.25, -0.2) is 0 Å². The van der Waals surface area contributed by atoms with E-state index in [4.69, 9.17) is 10.8 Å². The van der Waals surface area contributed by atoms with E-state index in [0.29, 0.717) is 23.3 Å². The van der Waals surface area contributed by atoms with E-state index in [0.717, 1.165) is 49.6 Å². The van der Waals surface area contributed by atoms with Gasteiger partial charge < -0.3 is 21.1 Å². The Hall–Kier alpha value is -1.96. The van der Waals surface area contributed by atoms with Gasteiger partial charge in [-0.1, -0.05) is 43.1 Å². The summed E-state index contributed by atoms with van der Waals surface area (Å²) < 4.78 is 2.60. The molecule has 0 aromatic heterocycles. The summed E-state index contributed by atoms with van der Waals surface area (Å²) >= 11 is 0.978. The number of aromatic hydroxyl groups is 2. The first kappa shape index (κ1) is 27.1. The third-order valence-corrected chi connectivity index (χ3v) is 5.96. The smallest absolute Gasteiger partial charge is 0.249 e. The van der Waals surface area contributed by atoms with Crippen LogP contribution in [0.5, 0.6) is 11.5 Å². The summed E-state index contributed by atoms with van der Waals surface area (Å²) in [4.78, 5) is 12.5. The summed E-state index contributed by atoms with van der Waals surface area (Å²) in [5.41, 5.74) is 9.23. The molecule has 1 aromatic carbocycles. The standard InChI is InChI=1S/C24H38N2O4S/c1-5-6-7-11-18-14-21(28)19(13-12-17(4)10-8-9-16(2)3)22(29)23(18)31-26-24(30)20(25)15-27/h9,12,14,20,27-29H,5-8,10-11,13,15,25H2,1-4H3,(H,26,30)/b17-12+.